The molecule has 0 aliphatic rings. The highest BCUT2D eigenvalue weighted by Crippen LogP contribution is 2.40. The lowest BCUT2D eigenvalue weighted by atomic mass is 10.2. The number of pyridine rings is 1. The van der Waals surface area contributed by atoms with Crippen LogP contribution >= 0.6 is 27.3 Å². The Hall–Kier alpha value is -2.11. The number of hydrogen-bond acceptors (Lipinski definition) is 8. The third kappa shape index (κ3) is 3.78. The van der Waals surface area contributed by atoms with Crippen molar-refractivity contribution in [1.29, 1.82) is 0 Å². The van der Waals surface area contributed by atoms with Crippen LogP contribution in [0.25, 0.3) is 0 Å². The molecule has 0 radical (unpaired) electrons. The summed E-state index contributed by atoms with van der Waals surface area (Å²) in [6, 6.07) is 2.47. The summed E-state index contributed by atoms with van der Waals surface area (Å²) in [5.41, 5.74) is 0.282. The van der Waals surface area contributed by atoms with Gasteiger partial charge < -0.3 is 4.74 Å². The van der Waals surface area contributed by atoms with E-state index in [1.807, 2.05) is 0 Å². The summed E-state index contributed by atoms with van der Waals surface area (Å²) in [6.07, 6.45) is 3.95. The number of esters is 1. The second-order valence-electron chi connectivity index (χ2n) is 4.67. The molecule has 0 aliphatic heterocycles. The Morgan fingerprint density at radius 2 is 2.16 bits per heavy atom. The lowest BCUT2D eigenvalue weighted by molar-refractivity contribution is -0.383. The van der Waals surface area contributed by atoms with E-state index in [0.717, 1.165) is 19.3 Å². The first-order chi connectivity index (χ1) is 11.7. The van der Waals surface area contributed by atoms with Crippen LogP contribution in [0.3, 0.4) is 0 Å². The lowest BCUT2D eigenvalue weighted by Gasteiger charge is -2.13. The zero-order chi connectivity index (χ0) is 18.8. The number of carbonyl (C=O) groups excluding carboxylic acids is 1. The molecule has 25 heavy (non-hydrogen) atoms. The number of rotatable bonds is 6. The number of aromatic nitrogens is 1. The Kier molecular flexibility index (Phi) is 5.70. The molecule has 0 aliphatic carbocycles. The highest BCUT2D eigenvalue weighted by molar-refractivity contribution is 9.10. The number of nitrogens with zero attached hydrogens (tertiary/aromatic N) is 2. The number of carbonyl (C=O) groups is 1. The molecule has 0 bridgehead atoms. The number of nitro groups is 1. The first kappa shape index (κ1) is 19.2. The van der Waals surface area contributed by atoms with Gasteiger partial charge in [0.25, 0.3) is 0 Å². The molecule has 0 aromatic carbocycles. The molecule has 0 spiro atoms. The number of thiophene rings is 1. The number of ether oxygens (including phenoxy) is 1. The number of halogens is 1. The van der Waals surface area contributed by atoms with Gasteiger partial charge in [-0.25, -0.2) is 13.2 Å². The minimum atomic E-state index is -4.24. The zero-order valence-electron chi connectivity index (χ0n) is 12.7. The fourth-order valence-corrected chi connectivity index (χ4v) is 5.39. The van der Waals surface area contributed by atoms with Gasteiger partial charge in [0.1, 0.15) is 10.1 Å². The van der Waals surface area contributed by atoms with E-state index < -0.39 is 35.9 Å². The molecule has 0 fully saturated rings. The molecule has 1 unspecified atom stereocenters. The van der Waals surface area contributed by atoms with Gasteiger partial charge in [0.2, 0.25) is 0 Å². The van der Waals surface area contributed by atoms with Gasteiger partial charge in [0, 0.05) is 16.9 Å². The summed E-state index contributed by atoms with van der Waals surface area (Å²) in [4.78, 5) is 25.2. The predicted octanol–water partition coefficient (Wildman–Crippen LogP) is 3.30. The van der Waals surface area contributed by atoms with Crippen LogP contribution in [-0.4, -0.2) is 31.4 Å². The van der Waals surface area contributed by atoms with E-state index in [2.05, 4.69) is 32.2 Å². The van der Waals surface area contributed by atoms with Crippen LogP contribution in [0.15, 0.2) is 46.5 Å². The average molecular weight is 447 g/mol. The lowest BCUT2D eigenvalue weighted by Crippen LogP contribution is -2.13. The smallest absolute Gasteiger partial charge is 0.348 e. The van der Waals surface area contributed by atoms with Crippen molar-refractivity contribution in [2.24, 2.45) is 0 Å². The minimum Gasteiger partial charge on any atom is -0.465 e. The molecule has 0 saturated carbocycles. The first-order valence-electron chi connectivity index (χ1n) is 6.55. The van der Waals surface area contributed by atoms with Crippen molar-refractivity contribution in [1.82, 2.24) is 4.98 Å². The molecule has 132 valence electrons. The molecule has 2 heterocycles. The van der Waals surface area contributed by atoms with Crippen molar-refractivity contribution in [3.63, 3.8) is 0 Å². The van der Waals surface area contributed by atoms with Crippen LogP contribution in [0, 0.1) is 10.1 Å². The fourth-order valence-electron chi connectivity index (χ4n) is 2.06. The van der Waals surface area contributed by atoms with Crippen molar-refractivity contribution < 1.29 is 22.9 Å². The van der Waals surface area contributed by atoms with Crippen LogP contribution in [0.4, 0.5) is 5.00 Å². The van der Waals surface area contributed by atoms with Gasteiger partial charge in [0.15, 0.2) is 14.7 Å². The molecule has 0 amide bonds. The highest BCUT2D eigenvalue weighted by atomic mass is 79.9. The van der Waals surface area contributed by atoms with Gasteiger partial charge in [-0.1, -0.05) is 17.4 Å². The Morgan fingerprint density at radius 1 is 1.48 bits per heavy atom. The molecule has 8 nitrogen and oxygen atoms in total. The zero-order valence-corrected chi connectivity index (χ0v) is 15.9. The largest absolute Gasteiger partial charge is 0.465 e. The van der Waals surface area contributed by atoms with E-state index >= 15 is 0 Å². The average Bonchev–Trinajstić information content (AvgIpc) is 3.01. The summed E-state index contributed by atoms with van der Waals surface area (Å²) in [5, 5.41) is 9.32. The third-order valence-electron chi connectivity index (χ3n) is 3.14. The third-order valence-corrected chi connectivity index (χ3v) is 6.83. The van der Waals surface area contributed by atoms with E-state index in [4.69, 9.17) is 0 Å². The SMILES string of the molecule is C=CC(c1cncc(Br)c1)S(=O)(=O)c1cc(C(=O)OC)sc1[N+](=O)[O-]. The van der Waals surface area contributed by atoms with Crippen molar-refractivity contribution in [2.45, 2.75) is 10.1 Å². The topological polar surface area (TPSA) is 116 Å². The Morgan fingerprint density at radius 3 is 2.68 bits per heavy atom. The summed E-state index contributed by atoms with van der Waals surface area (Å²) >= 11 is 3.64. The van der Waals surface area contributed by atoms with Gasteiger partial charge in [-0.15, -0.1) is 6.58 Å². The van der Waals surface area contributed by atoms with Crippen LogP contribution in [0.1, 0.15) is 20.5 Å². The number of methoxy groups -OCH3 is 1. The molecule has 11 heteroatoms. The molecule has 0 N–H and O–H groups in total. The molecule has 2 aromatic rings. The summed E-state index contributed by atoms with van der Waals surface area (Å²) in [7, 11) is -3.14. The normalized spacial score (nSPS) is 12.4. The summed E-state index contributed by atoms with van der Waals surface area (Å²) in [5.74, 6) is -0.853. The van der Waals surface area contributed by atoms with E-state index in [1.165, 1.54) is 18.5 Å². The van der Waals surface area contributed by atoms with E-state index in [9.17, 15) is 23.3 Å². The molecule has 1 atom stereocenters. The molecule has 2 rings (SSSR count). The number of hydrogen-bond donors (Lipinski definition) is 0. The van der Waals surface area contributed by atoms with Gasteiger partial charge in [-0.3, -0.25) is 15.1 Å². The van der Waals surface area contributed by atoms with Crippen molar-refractivity contribution in [3.8, 4) is 0 Å². The van der Waals surface area contributed by atoms with Crippen LogP contribution in [-0.2, 0) is 14.6 Å². The highest BCUT2D eigenvalue weighted by Gasteiger charge is 2.37. The second kappa shape index (κ2) is 7.42. The summed E-state index contributed by atoms with van der Waals surface area (Å²) < 4.78 is 31.0. The molecular weight excluding hydrogens is 436 g/mol. The molecular formula is C14H11BrN2O6S2. The van der Waals surface area contributed by atoms with Crippen molar-refractivity contribution >= 4 is 48.1 Å². The van der Waals surface area contributed by atoms with Gasteiger partial charge in [-0.05, 0) is 33.6 Å². The Balaban J connectivity index is 2.65. The molecule has 0 saturated heterocycles. The Bertz CT molecular complexity index is 954. The van der Waals surface area contributed by atoms with Crippen LogP contribution < -0.4 is 0 Å². The standard InChI is InChI=1S/C14H11BrN2O6S2/c1-3-11(8-4-9(15)7-16-6-8)25(21,22)12-5-10(14(18)23-2)24-13(12)17(19)20/h3-7,11H,1H2,2H3. The van der Waals surface area contributed by atoms with Crippen LogP contribution in [0.2, 0.25) is 0 Å². The monoisotopic (exact) mass is 446 g/mol. The maximum atomic E-state index is 13.0. The maximum Gasteiger partial charge on any atom is 0.348 e. The van der Waals surface area contributed by atoms with Gasteiger partial charge in [0.05, 0.1) is 12.0 Å². The quantitative estimate of drug-likeness (QED) is 0.289. The predicted molar refractivity (Wildman–Crippen MR) is 94.4 cm³/mol. The maximum absolute atomic E-state index is 13.0. The van der Waals surface area contributed by atoms with Crippen molar-refractivity contribution in [2.75, 3.05) is 7.11 Å². The van der Waals surface area contributed by atoms with Gasteiger partial charge >= 0.3 is 11.0 Å². The Labute approximate surface area is 155 Å². The second-order valence-corrected chi connectivity index (χ2v) is 8.65. The minimum absolute atomic E-state index is 0.178. The van der Waals surface area contributed by atoms with Gasteiger partial charge in [-0.2, -0.15) is 0 Å². The first-order valence-corrected chi connectivity index (χ1v) is 9.71. The van der Waals surface area contributed by atoms with E-state index in [-0.39, 0.29) is 10.4 Å². The van der Waals surface area contributed by atoms with E-state index in [0.29, 0.717) is 15.8 Å². The summed E-state index contributed by atoms with van der Waals surface area (Å²) in [6.45, 7) is 3.51. The molecule has 2 aromatic heterocycles. The van der Waals surface area contributed by atoms with Crippen LogP contribution in [0.5, 0.6) is 0 Å². The van der Waals surface area contributed by atoms with E-state index in [1.54, 1.807) is 0 Å². The number of sulfone groups is 1. The van der Waals surface area contributed by atoms with Crippen molar-refractivity contribution in [3.05, 3.63) is 62.2 Å². The fraction of sp³-hybridized carbons (Fsp3) is 0.143.